The molecule has 1 aliphatic rings. The second kappa shape index (κ2) is 7.69. The molecule has 0 saturated carbocycles. The molecule has 0 aromatic carbocycles. The molecule has 11 heteroatoms. The number of fused-ring (bicyclic) bond motifs is 1. The van der Waals surface area contributed by atoms with Crippen LogP contribution in [0.3, 0.4) is 0 Å². The lowest BCUT2D eigenvalue weighted by Gasteiger charge is -2.30. The van der Waals surface area contributed by atoms with Crippen molar-refractivity contribution in [1.29, 1.82) is 0 Å². The van der Waals surface area contributed by atoms with Crippen molar-refractivity contribution in [2.75, 3.05) is 36.4 Å². The number of hydrogen-bond acceptors (Lipinski definition) is 8. The number of amides is 1. The number of imidazole rings is 1. The maximum atomic E-state index is 12.8. The highest BCUT2D eigenvalue weighted by molar-refractivity contribution is 7.12. The molecule has 0 bridgehead atoms. The summed E-state index contributed by atoms with van der Waals surface area (Å²) in [6, 6.07) is 5.41. The van der Waals surface area contributed by atoms with E-state index in [2.05, 4.69) is 35.5 Å². The number of piperazine rings is 1. The summed E-state index contributed by atoms with van der Waals surface area (Å²) in [5.41, 5.74) is 2.52. The molecule has 0 aliphatic carbocycles. The first kappa shape index (κ1) is 18.5. The van der Waals surface area contributed by atoms with E-state index in [1.807, 2.05) is 6.07 Å². The van der Waals surface area contributed by atoms with Gasteiger partial charge in [0.15, 0.2) is 10.8 Å². The van der Waals surface area contributed by atoms with Gasteiger partial charge in [0.2, 0.25) is 0 Å². The number of rotatable bonds is 4. The number of hydrogen-bond donors (Lipinski definition) is 3. The fourth-order valence-electron chi connectivity index (χ4n) is 3.45. The minimum absolute atomic E-state index is 0.232. The highest BCUT2D eigenvalue weighted by Crippen LogP contribution is 2.26. The smallest absolute Gasteiger partial charge is 0.334 e. The van der Waals surface area contributed by atoms with Crippen molar-refractivity contribution >= 4 is 39.8 Å². The largest absolute Gasteiger partial charge is 0.367 e. The van der Waals surface area contributed by atoms with Gasteiger partial charge in [0.05, 0.1) is 23.1 Å². The number of carbonyl (C=O) groups excluding carboxylic acids is 1. The second-order valence-corrected chi connectivity index (χ2v) is 7.57. The summed E-state index contributed by atoms with van der Waals surface area (Å²) < 4.78 is 1.42. The van der Waals surface area contributed by atoms with Crippen molar-refractivity contribution in [1.82, 2.24) is 29.8 Å². The zero-order chi connectivity index (χ0) is 20.5. The number of nitrogens with zero attached hydrogens (tertiary/aromatic N) is 5. The molecule has 0 radical (unpaired) electrons. The number of nitrogens with one attached hydrogen (secondary N) is 3. The van der Waals surface area contributed by atoms with E-state index in [0.29, 0.717) is 22.0 Å². The molecule has 30 heavy (non-hydrogen) atoms. The van der Waals surface area contributed by atoms with Gasteiger partial charge in [0.1, 0.15) is 5.69 Å². The maximum absolute atomic E-state index is 12.8. The number of anilines is 2. The van der Waals surface area contributed by atoms with E-state index >= 15 is 0 Å². The lowest BCUT2D eigenvalue weighted by atomic mass is 10.2. The predicted octanol–water partition coefficient (Wildman–Crippen LogP) is 1.23. The fraction of sp³-hybridized carbons (Fsp3) is 0.211. The Morgan fingerprint density at radius 1 is 1.20 bits per heavy atom. The minimum Gasteiger partial charge on any atom is -0.367 e. The van der Waals surface area contributed by atoms with Crippen LogP contribution >= 0.6 is 11.3 Å². The summed E-state index contributed by atoms with van der Waals surface area (Å²) in [5, 5.41) is 8.26. The van der Waals surface area contributed by atoms with Gasteiger partial charge >= 0.3 is 5.69 Å². The standard InChI is InChI=1S/C19H18N8O2S/c28-17(23-12-10-21-5-3-14(12)26-8-6-20-7-9-26)13-11-30-19(24-13)27-15-2-1-4-22-16(15)25-18(27)29/h1-5,10-11,20H,6-9H2,(H,23,28)(H,22,25,29). The third kappa shape index (κ3) is 3.33. The molecule has 1 saturated heterocycles. The van der Waals surface area contributed by atoms with E-state index in [4.69, 9.17) is 0 Å². The van der Waals surface area contributed by atoms with Crippen LogP contribution in [-0.2, 0) is 0 Å². The molecule has 0 unspecified atom stereocenters. The zero-order valence-corrected chi connectivity index (χ0v) is 16.6. The minimum atomic E-state index is -0.354. The number of thiazole rings is 1. The lowest BCUT2D eigenvalue weighted by Crippen LogP contribution is -2.43. The second-order valence-electron chi connectivity index (χ2n) is 6.74. The van der Waals surface area contributed by atoms with Crippen molar-refractivity contribution < 1.29 is 4.79 Å². The average Bonchev–Trinajstić information content (AvgIpc) is 3.38. The molecular formula is C19H18N8O2S. The number of aromatic nitrogens is 5. The topological polar surface area (TPSA) is 121 Å². The summed E-state index contributed by atoms with van der Waals surface area (Å²) in [7, 11) is 0. The first-order chi connectivity index (χ1) is 14.7. The van der Waals surface area contributed by atoms with Crippen LogP contribution in [0, 0.1) is 0 Å². The van der Waals surface area contributed by atoms with E-state index in [1.54, 1.807) is 36.1 Å². The Balaban J connectivity index is 1.42. The van der Waals surface area contributed by atoms with Gasteiger partial charge in [-0.3, -0.25) is 14.8 Å². The predicted molar refractivity (Wildman–Crippen MR) is 115 cm³/mol. The highest BCUT2D eigenvalue weighted by Gasteiger charge is 2.19. The van der Waals surface area contributed by atoms with Crippen LogP contribution in [0.5, 0.6) is 0 Å². The molecule has 1 aliphatic heterocycles. The number of H-pyrrole nitrogens is 1. The molecule has 1 fully saturated rings. The average molecular weight is 422 g/mol. The molecule has 0 atom stereocenters. The third-order valence-corrected chi connectivity index (χ3v) is 5.70. The van der Waals surface area contributed by atoms with Crippen LogP contribution in [0.25, 0.3) is 16.3 Å². The maximum Gasteiger partial charge on any atom is 0.334 e. The molecule has 4 aromatic heterocycles. The van der Waals surface area contributed by atoms with Gasteiger partial charge in [-0.15, -0.1) is 11.3 Å². The Labute approximate surface area is 174 Å². The highest BCUT2D eigenvalue weighted by atomic mass is 32.1. The van der Waals surface area contributed by atoms with Crippen molar-refractivity contribution in [3.63, 3.8) is 0 Å². The summed E-state index contributed by atoms with van der Waals surface area (Å²) in [6.07, 6.45) is 4.96. The fourth-order valence-corrected chi connectivity index (χ4v) is 4.27. The molecule has 5 heterocycles. The molecule has 10 nitrogen and oxygen atoms in total. The SMILES string of the molecule is O=C(Nc1cnccc1N1CCNCC1)c1csc(-n2c(=O)[nH]c3ncccc32)n1. The van der Waals surface area contributed by atoms with Crippen LogP contribution in [-0.4, -0.2) is 56.6 Å². The van der Waals surface area contributed by atoms with E-state index in [0.717, 1.165) is 31.9 Å². The van der Waals surface area contributed by atoms with Crippen molar-refractivity contribution in [3.8, 4) is 5.13 Å². The summed E-state index contributed by atoms with van der Waals surface area (Å²) in [6.45, 7) is 3.48. The Hall–Kier alpha value is -3.57. The van der Waals surface area contributed by atoms with Gasteiger partial charge in [0.25, 0.3) is 5.91 Å². The van der Waals surface area contributed by atoms with Crippen molar-refractivity contribution in [2.45, 2.75) is 0 Å². The number of aromatic amines is 1. The Morgan fingerprint density at radius 3 is 2.93 bits per heavy atom. The van der Waals surface area contributed by atoms with E-state index in [1.165, 1.54) is 15.9 Å². The molecule has 3 N–H and O–H groups in total. The molecule has 5 rings (SSSR count). The molecule has 0 spiro atoms. The summed E-state index contributed by atoms with van der Waals surface area (Å²) >= 11 is 1.22. The first-order valence-electron chi connectivity index (χ1n) is 9.43. The van der Waals surface area contributed by atoms with Crippen molar-refractivity contribution in [2.24, 2.45) is 0 Å². The van der Waals surface area contributed by atoms with Gasteiger partial charge in [-0.2, -0.15) is 0 Å². The molecular weight excluding hydrogens is 404 g/mol. The van der Waals surface area contributed by atoms with Gasteiger partial charge in [-0.25, -0.2) is 19.3 Å². The normalized spacial score (nSPS) is 14.2. The van der Waals surface area contributed by atoms with Gasteiger partial charge in [-0.1, -0.05) is 0 Å². The Morgan fingerprint density at radius 2 is 2.07 bits per heavy atom. The molecule has 4 aromatic rings. The van der Waals surface area contributed by atoms with E-state index < -0.39 is 0 Å². The van der Waals surface area contributed by atoms with Crippen molar-refractivity contribution in [3.05, 3.63) is 58.3 Å². The quantitative estimate of drug-likeness (QED) is 0.452. The zero-order valence-electron chi connectivity index (χ0n) is 15.8. The van der Waals surface area contributed by atoms with E-state index in [9.17, 15) is 9.59 Å². The summed E-state index contributed by atoms with van der Waals surface area (Å²) in [5.74, 6) is -0.354. The van der Waals surface area contributed by atoms with Crippen LogP contribution in [0.4, 0.5) is 11.4 Å². The number of pyridine rings is 2. The van der Waals surface area contributed by atoms with Gasteiger partial charge in [0, 0.05) is 44.0 Å². The number of carbonyl (C=O) groups is 1. The molecule has 152 valence electrons. The van der Waals surface area contributed by atoms with Crippen LogP contribution in [0.15, 0.2) is 47.0 Å². The summed E-state index contributed by atoms with van der Waals surface area (Å²) in [4.78, 5) is 42.8. The first-order valence-corrected chi connectivity index (χ1v) is 10.3. The van der Waals surface area contributed by atoms with Crippen LogP contribution in [0.1, 0.15) is 10.5 Å². The Kier molecular flexibility index (Phi) is 4.73. The Bertz CT molecular complexity index is 1270. The monoisotopic (exact) mass is 422 g/mol. The van der Waals surface area contributed by atoms with E-state index in [-0.39, 0.29) is 17.3 Å². The van der Waals surface area contributed by atoms with Crippen LogP contribution < -0.4 is 21.2 Å². The molecule has 1 amide bonds. The lowest BCUT2D eigenvalue weighted by molar-refractivity contribution is 0.102. The van der Waals surface area contributed by atoms with Crippen LogP contribution in [0.2, 0.25) is 0 Å². The van der Waals surface area contributed by atoms with Gasteiger partial charge < -0.3 is 15.5 Å². The van der Waals surface area contributed by atoms with Gasteiger partial charge in [-0.05, 0) is 18.2 Å². The third-order valence-electron chi connectivity index (χ3n) is 4.88.